The van der Waals surface area contributed by atoms with Crippen LogP contribution in [0.2, 0.25) is 0 Å². The van der Waals surface area contributed by atoms with Crippen LogP contribution in [0.4, 0.5) is 0 Å². The number of carboxylic acids is 3. The number of hydrogen-bond acceptors (Lipinski definition) is 4. The van der Waals surface area contributed by atoms with Crippen LogP contribution in [0.25, 0.3) is 0 Å². The summed E-state index contributed by atoms with van der Waals surface area (Å²) in [7, 11) is 0. The van der Waals surface area contributed by atoms with Gasteiger partial charge in [0.15, 0.2) is 5.92 Å². The lowest BCUT2D eigenvalue weighted by Crippen LogP contribution is -2.37. The highest BCUT2D eigenvalue weighted by atomic mass is 16.4. The number of allylic oxidation sites excluding steroid dienone is 2. The SMILES string of the molecule is C=C1C=CC(C(=O)O)=C(N)C1C(C(=O)O)C(=O)O. The van der Waals surface area contributed by atoms with Crippen molar-refractivity contribution in [1.29, 1.82) is 0 Å². The van der Waals surface area contributed by atoms with E-state index in [4.69, 9.17) is 21.1 Å². The van der Waals surface area contributed by atoms with E-state index in [2.05, 4.69) is 6.58 Å². The lowest BCUT2D eigenvalue weighted by atomic mass is 9.79. The van der Waals surface area contributed by atoms with Gasteiger partial charge in [-0.25, -0.2) is 4.79 Å². The number of rotatable bonds is 4. The lowest BCUT2D eigenvalue weighted by Gasteiger charge is -2.25. The third-order valence-electron chi connectivity index (χ3n) is 2.61. The minimum absolute atomic E-state index is 0.146. The Balaban J connectivity index is 3.33. The van der Waals surface area contributed by atoms with Crippen molar-refractivity contribution in [2.75, 3.05) is 0 Å². The van der Waals surface area contributed by atoms with Gasteiger partial charge >= 0.3 is 17.9 Å². The second-order valence-electron chi connectivity index (χ2n) is 3.71. The van der Waals surface area contributed by atoms with Crippen molar-refractivity contribution >= 4 is 17.9 Å². The standard InChI is InChI=1S/C11H11NO6/c1-4-2-3-5(9(13)14)8(12)6(4)7(10(15)16)11(17)18/h2-3,6-7H,1,12H2,(H,13,14)(H,15,16)(H,17,18). The first-order chi connectivity index (χ1) is 8.27. The van der Waals surface area contributed by atoms with E-state index in [1.54, 1.807) is 0 Å². The minimum atomic E-state index is -1.86. The molecule has 18 heavy (non-hydrogen) atoms. The van der Waals surface area contributed by atoms with Gasteiger partial charge in [-0.05, 0) is 11.6 Å². The van der Waals surface area contributed by atoms with Crippen LogP contribution in [0.1, 0.15) is 0 Å². The maximum atomic E-state index is 10.9. The van der Waals surface area contributed by atoms with Crippen LogP contribution in [-0.2, 0) is 14.4 Å². The molecule has 0 aromatic carbocycles. The summed E-state index contributed by atoms with van der Waals surface area (Å²) in [5.41, 5.74) is 5.06. The molecule has 1 aliphatic rings. The van der Waals surface area contributed by atoms with Crippen molar-refractivity contribution in [2.45, 2.75) is 0 Å². The molecule has 1 aliphatic carbocycles. The summed E-state index contributed by atoms with van der Waals surface area (Å²) in [6.45, 7) is 3.50. The third-order valence-corrected chi connectivity index (χ3v) is 2.61. The predicted octanol–water partition coefficient (Wildman–Crippen LogP) is -0.189. The van der Waals surface area contributed by atoms with Crippen LogP contribution in [0.5, 0.6) is 0 Å². The Morgan fingerprint density at radius 3 is 2.06 bits per heavy atom. The molecule has 0 aromatic heterocycles. The number of carbonyl (C=O) groups is 3. The molecule has 0 radical (unpaired) electrons. The van der Waals surface area contributed by atoms with E-state index in [0.717, 1.165) is 6.08 Å². The van der Waals surface area contributed by atoms with Gasteiger partial charge in [-0.3, -0.25) is 9.59 Å². The lowest BCUT2D eigenvalue weighted by molar-refractivity contribution is -0.156. The largest absolute Gasteiger partial charge is 0.481 e. The molecule has 1 rings (SSSR count). The van der Waals surface area contributed by atoms with Crippen LogP contribution in [0.3, 0.4) is 0 Å². The van der Waals surface area contributed by atoms with Gasteiger partial charge in [0.25, 0.3) is 0 Å². The summed E-state index contributed by atoms with van der Waals surface area (Å²) in [5, 5.41) is 26.6. The van der Waals surface area contributed by atoms with E-state index in [0.29, 0.717) is 0 Å². The van der Waals surface area contributed by atoms with Crippen LogP contribution in [0, 0.1) is 11.8 Å². The first kappa shape index (κ1) is 13.5. The predicted molar refractivity (Wildman–Crippen MR) is 59.4 cm³/mol. The van der Waals surface area contributed by atoms with E-state index in [9.17, 15) is 14.4 Å². The van der Waals surface area contributed by atoms with Gasteiger partial charge in [0, 0.05) is 11.6 Å². The third kappa shape index (κ3) is 2.24. The highest BCUT2D eigenvalue weighted by molar-refractivity contribution is 5.96. The Morgan fingerprint density at radius 2 is 1.67 bits per heavy atom. The molecule has 0 aromatic rings. The minimum Gasteiger partial charge on any atom is -0.481 e. The molecule has 0 saturated carbocycles. The van der Waals surface area contributed by atoms with Gasteiger partial charge < -0.3 is 21.1 Å². The zero-order valence-electron chi connectivity index (χ0n) is 9.16. The molecule has 0 fully saturated rings. The van der Waals surface area contributed by atoms with E-state index >= 15 is 0 Å². The number of carboxylic acid groups (broad SMARTS) is 3. The summed E-state index contributed by atoms with van der Waals surface area (Å²) in [5.74, 6) is -7.68. The maximum absolute atomic E-state index is 10.9. The monoisotopic (exact) mass is 253 g/mol. The first-order valence-electron chi connectivity index (χ1n) is 4.82. The van der Waals surface area contributed by atoms with Crippen LogP contribution in [0.15, 0.2) is 35.6 Å². The van der Waals surface area contributed by atoms with Crippen LogP contribution < -0.4 is 5.73 Å². The van der Waals surface area contributed by atoms with Crippen molar-refractivity contribution in [3.8, 4) is 0 Å². The molecule has 7 heteroatoms. The van der Waals surface area contributed by atoms with Gasteiger partial charge in [0.05, 0.1) is 5.57 Å². The highest BCUT2D eigenvalue weighted by Gasteiger charge is 2.40. The molecule has 0 saturated heterocycles. The number of hydrogen-bond donors (Lipinski definition) is 4. The summed E-state index contributed by atoms with van der Waals surface area (Å²) < 4.78 is 0. The Morgan fingerprint density at radius 1 is 1.17 bits per heavy atom. The van der Waals surface area contributed by atoms with E-state index in [1.807, 2.05) is 0 Å². The molecule has 0 aliphatic heterocycles. The average molecular weight is 253 g/mol. The molecule has 0 heterocycles. The maximum Gasteiger partial charge on any atom is 0.337 e. The van der Waals surface area contributed by atoms with Gasteiger partial charge in [-0.1, -0.05) is 12.7 Å². The Hall–Kier alpha value is -2.57. The van der Waals surface area contributed by atoms with Crippen molar-refractivity contribution < 1.29 is 29.7 Å². The summed E-state index contributed by atoms with van der Waals surface area (Å²) >= 11 is 0. The summed E-state index contributed by atoms with van der Waals surface area (Å²) in [4.78, 5) is 32.7. The smallest absolute Gasteiger partial charge is 0.337 e. The fourth-order valence-electron chi connectivity index (χ4n) is 1.74. The molecule has 1 atom stereocenters. The summed E-state index contributed by atoms with van der Waals surface area (Å²) in [6.07, 6.45) is 2.42. The molecular weight excluding hydrogens is 242 g/mol. The Bertz CT molecular complexity index is 488. The van der Waals surface area contributed by atoms with E-state index in [-0.39, 0.29) is 16.8 Å². The molecule has 1 unspecified atom stereocenters. The van der Waals surface area contributed by atoms with Crippen LogP contribution in [-0.4, -0.2) is 33.2 Å². The quantitative estimate of drug-likeness (QED) is 0.509. The van der Waals surface area contributed by atoms with Crippen LogP contribution >= 0.6 is 0 Å². The molecular formula is C11H11NO6. The second kappa shape index (κ2) is 4.74. The normalized spacial score (nSPS) is 19.2. The van der Waals surface area contributed by atoms with Crippen molar-refractivity contribution in [3.63, 3.8) is 0 Å². The first-order valence-corrected chi connectivity index (χ1v) is 4.82. The van der Waals surface area contributed by atoms with Gasteiger partial charge in [-0.15, -0.1) is 0 Å². The zero-order chi connectivity index (χ0) is 14.0. The fourth-order valence-corrected chi connectivity index (χ4v) is 1.74. The van der Waals surface area contributed by atoms with Gasteiger partial charge in [0.1, 0.15) is 0 Å². The Kier molecular flexibility index (Phi) is 3.55. The molecule has 0 bridgehead atoms. The van der Waals surface area contributed by atoms with Crippen molar-refractivity contribution in [1.82, 2.24) is 0 Å². The molecule has 5 N–H and O–H groups in total. The van der Waals surface area contributed by atoms with Gasteiger partial charge in [0.2, 0.25) is 0 Å². The average Bonchev–Trinajstić information content (AvgIpc) is 2.21. The summed E-state index contributed by atoms with van der Waals surface area (Å²) in [6, 6.07) is 0. The molecule has 7 nitrogen and oxygen atoms in total. The second-order valence-corrected chi connectivity index (χ2v) is 3.71. The number of nitrogens with two attached hydrogens (primary N) is 1. The molecule has 0 spiro atoms. The fraction of sp³-hybridized carbons (Fsp3) is 0.182. The highest BCUT2D eigenvalue weighted by Crippen LogP contribution is 2.32. The number of aliphatic carboxylic acids is 3. The molecule has 0 amide bonds. The van der Waals surface area contributed by atoms with E-state index in [1.165, 1.54) is 6.08 Å². The van der Waals surface area contributed by atoms with Gasteiger partial charge in [-0.2, -0.15) is 0 Å². The van der Waals surface area contributed by atoms with Crippen molar-refractivity contribution in [2.24, 2.45) is 17.6 Å². The Labute approximate surface area is 102 Å². The zero-order valence-corrected chi connectivity index (χ0v) is 9.16. The van der Waals surface area contributed by atoms with E-state index < -0.39 is 29.7 Å². The molecule has 96 valence electrons. The van der Waals surface area contributed by atoms with Crippen molar-refractivity contribution in [3.05, 3.63) is 35.6 Å². The topological polar surface area (TPSA) is 138 Å².